The molecule has 1 aromatic heterocycles. The van der Waals surface area contributed by atoms with E-state index in [-0.39, 0.29) is 5.57 Å². The molecule has 2 aromatic rings. The van der Waals surface area contributed by atoms with Crippen LogP contribution in [0.2, 0.25) is 0 Å². The van der Waals surface area contributed by atoms with E-state index in [2.05, 4.69) is 31.4 Å². The van der Waals surface area contributed by atoms with Crippen LogP contribution in [0.25, 0.3) is 10.9 Å². The molecule has 0 aliphatic carbocycles. The molecule has 1 aliphatic rings. The summed E-state index contributed by atoms with van der Waals surface area (Å²) in [5, 5.41) is 10.6. The number of hydrogen-bond donors (Lipinski definition) is 2. The molecular weight excluding hydrogens is 354 g/mol. The number of aromatic amines is 1. The summed E-state index contributed by atoms with van der Waals surface area (Å²) in [6, 6.07) is 3.62. The number of ether oxygens (including phenoxy) is 2. The fraction of sp³-hybridized carbons (Fsp3) is 0.214. The van der Waals surface area contributed by atoms with Gasteiger partial charge in [-0.1, -0.05) is 15.9 Å². The van der Waals surface area contributed by atoms with Crippen LogP contribution in [0, 0.1) is 0 Å². The highest BCUT2D eigenvalue weighted by molar-refractivity contribution is 9.10. The van der Waals surface area contributed by atoms with E-state index in [1.165, 1.54) is 20.0 Å². The van der Waals surface area contributed by atoms with Crippen molar-refractivity contribution < 1.29 is 19.1 Å². The van der Waals surface area contributed by atoms with E-state index in [0.717, 1.165) is 15.4 Å². The summed E-state index contributed by atoms with van der Waals surface area (Å²) in [4.78, 5) is 23.7. The number of esters is 2. The Labute approximate surface area is 133 Å². The molecule has 2 N–H and O–H groups in total. The van der Waals surface area contributed by atoms with Gasteiger partial charge >= 0.3 is 11.9 Å². The number of aromatic nitrogens is 2. The van der Waals surface area contributed by atoms with Gasteiger partial charge < -0.3 is 14.8 Å². The van der Waals surface area contributed by atoms with Crippen molar-refractivity contribution in [2.24, 2.45) is 0 Å². The average Bonchev–Trinajstić information content (AvgIpc) is 2.89. The summed E-state index contributed by atoms with van der Waals surface area (Å²) < 4.78 is 10.9. The second-order valence-electron chi connectivity index (χ2n) is 5.13. The molecule has 0 unspecified atom stereocenters. The number of carbonyl (C=O) groups excluding carboxylic acids is 2. The highest BCUT2D eigenvalue weighted by atomic mass is 79.9. The van der Waals surface area contributed by atoms with E-state index in [0.29, 0.717) is 5.69 Å². The number of fused-ring (bicyclic) bond motifs is 1. The Morgan fingerprint density at radius 1 is 1.27 bits per heavy atom. The molecule has 1 fully saturated rings. The fourth-order valence-electron chi connectivity index (χ4n) is 2.05. The highest BCUT2D eigenvalue weighted by Crippen LogP contribution is 2.29. The minimum absolute atomic E-state index is 0.199. The molecular formula is C14H12BrN3O4. The van der Waals surface area contributed by atoms with Crippen LogP contribution in [0.1, 0.15) is 13.8 Å². The minimum Gasteiger partial charge on any atom is -0.419 e. The lowest BCUT2D eigenvalue weighted by atomic mass is 10.2. The quantitative estimate of drug-likeness (QED) is 0.482. The van der Waals surface area contributed by atoms with Crippen molar-refractivity contribution in [3.63, 3.8) is 0 Å². The number of carbonyl (C=O) groups is 2. The Balaban J connectivity index is 1.90. The first-order valence-corrected chi connectivity index (χ1v) is 7.22. The Hall–Kier alpha value is -2.35. The maximum atomic E-state index is 11.9. The van der Waals surface area contributed by atoms with Crippen LogP contribution in [0.3, 0.4) is 0 Å². The van der Waals surface area contributed by atoms with E-state index >= 15 is 0 Å². The number of halogens is 1. The predicted molar refractivity (Wildman–Crippen MR) is 81.8 cm³/mol. The first kappa shape index (κ1) is 14.6. The van der Waals surface area contributed by atoms with Gasteiger partial charge in [-0.25, -0.2) is 9.59 Å². The third-order valence-electron chi connectivity index (χ3n) is 3.05. The molecule has 7 nitrogen and oxygen atoms in total. The van der Waals surface area contributed by atoms with Crippen LogP contribution in [-0.2, 0) is 19.1 Å². The third kappa shape index (κ3) is 2.57. The number of hydrogen-bond acceptors (Lipinski definition) is 6. The second-order valence-corrected chi connectivity index (χ2v) is 5.99. The molecule has 3 rings (SSSR count). The zero-order chi connectivity index (χ0) is 15.9. The lowest BCUT2D eigenvalue weighted by Gasteiger charge is -2.29. The zero-order valence-corrected chi connectivity index (χ0v) is 13.4. The summed E-state index contributed by atoms with van der Waals surface area (Å²) in [5.74, 6) is -2.71. The Bertz CT molecular complexity index is 788. The van der Waals surface area contributed by atoms with Crippen LogP contribution >= 0.6 is 15.9 Å². The number of nitrogens with one attached hydrogen (secondary N) is 2. The number of rotatable bonds is 2. The lowest BCUT2D eigenvalue weighted by Crippen LogP contribution is -2.42. The fourth-order valence-corrected chi connectivity index (χ4v) is 2.48. The topological polar surface area (TPSA) is 93.3 Å². The van der Waals surface area contributed by atoms with E-state index < -0.39 is 17.7 Å². The summed E-state index contributed by atoms with van der Waals surface area (Å²) >= 11 is 3.42. The van der Waals surface area contributed by atoms with Crippen LogP contribution < -0.4 is 5.32 Å². The van der Waals surface area contributed by atoms with Gasteiger partial charge in [-0.2, -0.15) is 5.10 Å². The number of benzene rings is 1. The van der Waals surface area contributed by atoms with Crippen molar-refractivity contribution in [1.82, 2.24) is 10.2 Å². The Kier molecular flexibility index (Phi) is 3.40. The average molecular weight is 366 g/mol. The molecule has 0 spiro atoms. The van der Waals surface area contributed by atoms with Crippen molar-refractivity contribution in [2.45, 2.75) is 19.6 Å². The summed E-state index contributed by atoms with van der Waals surface area (Å²) in [7, 11) is 0. The van der Waals surface area contributed by atoms with Gasteiger partial charge in [-0.15, -0.1) is 0 Å². The van der Waals surface area contributed by atoms with Gasteiger partial charge in [0, 0.05) is 29.9 Å². The minimum atomic E-state index is -1.25. The first-order valence-electron chi connectivity index (χ1n) is 6.42. The number of nitrogens with zero attached hydrogens (tertiary/aromatic N) is 1. The lowest BCUT2D eigenvalue weighted by molar-refractivity contribution is -0.222. The highest BCUT2D eigenvalue weighted by Gasteiger charge is 2.38. The molecule has 1 aromatic carbocycles. The summed E-state index contributed by atoms with van der Waals surface area (Å²) in [6.07, 6.45) is 2.94. The SMILES string of the molecule is CC1(C)OC(=O)C(=CNc2ccc(Br)c3cn[nH]c23)C(=O)O1. The first-order chi connectivity index (χ1) is 10.4. The maximum Gasteiger partial charge on any atom is 0.350 e. The molecule has 2 heterocycles. The number of anilines is 1. The molecule has 22 heavy (non-hydrogen) atoms. The molecule has 114 valence electrons. The van der Waals surface area contributed by atoms with Crippen LogP contribution in [0.5, 0.6) is 0 Å². The van der Waals surface area contributed by atoms with Gasteiger partial charge in [0.1, 0.15) is 0 Å². The van der Waals surface area contributed by atoms with Gasteiger partial charge in [0.15, 0.2) is 5.57 Å². The van der Waals surface area contributed by atoms with E-state index in [4.69, 9.17) is 9.47 Å². The molecule has 0 atom stereocenters. The van der Waals surface area contributed by atoms with Crippen molar-refractivity contribution in [3.05, 3.63) is 34.6 Å². The van der Waals surface area contributed by atoms with Crippen LogP contribution in [0.15, 0.2) is 34.6 Å². The molecule has 1 saturated heterocycles. The van der Waals surface area contributed by atoms with Gasteiger partial charge in [0.2, 0.25) is 0 Å². The second kappa shape index (κ2) is 5.13. The van der Waals surface area contributed by atoms with Crippen molar-refractivity contribution in [1.29, 1.82) is 0 Å². The van der Waals surface area contributed by atoms with E-state index in [1.807, 2.05) is 6.07 Å². The normalized spacial score (nSPS) is 17.1. The smallest absolute Gasteiger partial charge is 0.350 e. The Morgan fingerprint density at radius 3 is 2.64 bits per heavy atom. The van der Waals surface area contributed by atoms with E-state index in [9.17, 15) is 9.59 Å². The standard InChI is InChI=1S/C14H12BrN3O4/c1-14(2)21-12(19)8(13(20)22-14)5-16-10-4-3-9(15)7-6-17-18-11(7)10/h3-6,16H,1-2H3,(H,17,18). The van der Waals surface area contributed by atoms with E-state index in [1.54, 1.807) is 12.3 Å². The molecule has 0 radical (unpaired) electrons. The number of H-pyrrole nitrogens is 1. The van der Waals surface area contributed by atoms with Crippen LogP contribution in [-0.4, -0.2) is 27.9 Å². The maximum absolute atomic E-state index is 11.9. The van der Waals surface area contributed by atoms with Gasteiger partial charge in [0.05, 0.1) is 17.4 Å². The van der Waals surface area contributed by atoms with Crippen LogP contribution in [0.4, 0.5) is 5.69 Å². The molecule has 0 bridgehead atoms. The van der Waals surface area contributed by atoms with Crippen molar-refractivity contribution >= 4 is 44.5 Å². The predicted octanol–water partition coefficient (Wildman–Crippen LogP) is 2.46. The number of cyclic esters (lactones) is 2. The van der Waals surface area contributed by atoms with Gasteiger partial charge in [0.25, 0.3) is 5.79 Å². The Morgan fingerprint density at radius 2 is 1.95 bits per heavy atom. The van der Waals surface area contributed by atoms with Gasteiger partial charge in [-0.3, -0.25) is 5.10 Å². The molecule has 0 amide bonds. The summed E-state index contributed by atoms with van der Waals surface area (Å²) in [6.45, 7) is 2.99. The molecule has 8 heteroatoms. The largest absolute Gasteiger partial charge is 0.419 e. The monoisotopic (exact) mass is 365 g/mol. The van der Waals surface area contributed by atoms with Crippen molar-refractivity contribution in [2.75, 3.05) is 5.32 Å². The summed E-state index contributed by atoms with van der Waals surface area (Å²) in [5.41, 5.74) is 1.20. The van der Waals surface area contributed by atoms with Crippen molar-refractivity contribution in [3.8, 4) is 0 Å². The third-order valence-corrected chi connectivity index (χ3v) is 3.74. The molecule has 1 aliphatic heterocycles. The van der Waals surface area contributed by atoms with Gasteiger partial charge in [-0.05, 0) is 12.1 Å². The molecule has 0 saturated carbocycles. The zero-order valence-electron chi connectivity index (χ0n) is 11.8.